The summed E-state index contributed by atoms with van der Waals surface area (Å²) in [6, 6.07) is 2.92. The molecular formula is C21H30N6O7S2. The number of thioether (sulfide) groups is 1. The fourth-order valence-corrected chi connectivity index (χ4v) is 4.30. The van der Waals surface area contributed by atoms with Crippen molar-refractivity contribution < 1.29 is 27.7 Å². The molecule has 0 aliphatic carbocycles. The first kappa shape index (κ1) is 30.6. The lowest BCUT2D eigenvalue weighted by Crippen LogP contribution is -2.53. The molecule has 1 rings (SSSR count). The summed E-state index contributed by atoms with van der Waals surface area (Å²) in [4.78, 5) is 49.3. The number of guanidine groups is 1. The minimum absolute atomic E-state index is 0.00704. The lowest BCUT2D eigenvalue weighted by molar-refractivity contribution is -0.513. The molecule has 3 atom stereocenters. The fourth-order valence-electron chi connectivity index (χ4n) is 3.09. The molecule has 0 aliphatic heterocycles. The molecule has 0 saturated carbocycles. The van der Waals surface area contributed by atoms with Gasteiger partial charge in [0, 0.05) is 22.4 Å². The summed E-state index contributed by atoms with van der Waals surface area (Å²) in [6.07, 6.45) is 1.89. The number of benzene rings is 1. The Labute approximate surface area is 213 Å². The summed E-state index contributed by atoms with van der Waals surface area (Å²) >= 11 is 1.33. The zero-order chi connectivity index (χ0) is 27.3. The Morgan fingerprint density at radius 3 is 2.31 bits per heavy atom. The average molecular weight is 543 g/mol. The van der Waals surface area contributed by atoms with Crippen LogP contribution in [0.5, 0.6) is 0 Å². The van der Waals surface area contributed by atoms with Gasteiger partial charge >= 0.3 is 6.04 Å². The Morgan fingerprint density at radius 1 is 1.17 bits per heavy atom. The molecule has 15 heteroatoms. The number of nitrogens with one attached hydrogen (secondary N) is 4. The number of nitrogens with two attached hydrogens (primary N) is 1. The topological polar surface area (TPSA) is 214 Å². The van der Waals surface area contributed by atoms with Crippen molar-refractivity contribution in [2.24, 2.45) is 5.73 Å². The first-order valence-corrected chi connectivity index (χ1v) is 13.7. The third-order valence-electron chi connectivity index (χ3n) is 4.90. The molecule has 0 saturated heterocycles. The zero-order valence-electron chi connectivity index (χ0n) is 19.6. The van der Waals surface area contributed by atoms with Gasteiger partial charge in [0.25, 0.3) is 11.0 Å². The van der Waals surface area contributed by atoms with Crippen molar-refractivity contribution in [2.45, 2.75) is 37.4 Å². The van der Waals surface area contributed by atoms with Gasteiger partial charge in [-0.2, -0.15) is 11.8 Å². The van der Waals surface area contributed by atoms with E-state index in [0.29, 0.717) is 11.2 Å². The number of rotatable bonds is 15. The van der Waals surface area contributed by atoms with Crippen LogP contribution in [0.4, 0.5) is 0 Å². The third-order valence-corrected chi connectivity index (χ3v) is 6.83. The standard InChI is InChI=1S/C21H30N6O7S2/c1-3-36(33,34)20(30)16(11-13-35-2)26-18(28)15(10-7-12-24-21(22)23)25-19(29)17(27(31)32)14-8-5-4-6-9-14/h3-6,8-9,15-17H,1,7,10-13H2,2H3,(H,25,29)(H,26,28)(H4,22,23,24). The maximum atomic E-state index is 13.1. The lowest BCUT2D eigenvalue weighted by Gasteiger charge is -2.23. The van der Waals surface area contributed by atoms with Gasteiger partial charge in [-0.1, -0.05) is 36.9 Å². The van der Waals surface area contributed by atoms with Gasteiger partial charge in [-0.15, -0.1) is 0 Å². The van der Waals surface area contributed by atoms with Crippen molar-refractivity contribution in [3.8, 4) is 0 Å². The number of nitrogens with zero attached hydrogens (tertiary/aromatic N) is 1. The van der Waals surface area contributed by atoms with Crippen molar-refractivity contribution in [2.75, 3.05) is 18.6 Å². The first-order valence-electron chi connectivity index (χ1n) is 10.7. The van der Waals surface area contributed by atoms with Gasteiger partial charge in [-0.3, -0.25) is 29.9 Å². The van der Waals surface area contributed by atoms with Crippen LogP contribution in [0.25, 0.3) is 0 Å². The molecule has 0 fully saturated rings. The van der Waals surface area contributed by atoms with E-state index in [1.807, 2.05) is 0 Å². The quantitative estimate of drug-likeness (QED) is 0.0661. The van der Waals surface area contributed by atoms with Crippen molar-refractivity contribution in [1.82, 2.24) is 16.0 Å². The predicted octanol–water partition coefficient (Wildman–Crippen LogP) is 0.0753. The highest BCUT2D eigenvalue weighted by Gasteiger charge is 2.36. The highest BCUT2D eigenvalue weighted by atomic mass is 32.2. The van der Waals surface area contributed by atoms with Gasteiger partial charge in [0.2, 0.25) is 15.7 Å². The SMILES string of the molecule is C=CS(=O)(=O)C(=O)C(CCSC)NC(=O)C(CCCNC(=N)N)NC(=O)C(c1ccccc1)[N+](=O)[O-]. The molecule has 0 aromatic heterocycles. The summed E-state index contributed by atoms with van der Waals surface area (Å²) in [5, 5.41) is 25.3. The van der Waals surface area contributed by atoms with Gasteiger partial charge in [-0.25, -0.2) is 8.42 Å². The molecule has 13 nitrogen and oxygen atoms in total. The molecule has 0 radical (unpaired) electrons. The van der Waals surface area contributed by atoms with Gasteiger partial charge in [0.15, 0.2) is 5.96 Å². The lowest BCUT2D eigenvalue weighted by atomic mass is 10.0. The second kappa shape index (κ2) is 14.8. The number of amides is 2. The second-order valence-corrected chi connectivity index (χ2v) is 10.3. The Morgan fingerprint density at radius 2 is 1.78 bits per heavy atom. The Kier molecular flexibility index (Phi) is 12.6. The number of hydrogen-bond donors (Lipinski definition) is 5. The monoisotopic (exact) mass is 542 g/mol. The van der Waals surface area contributed by atoms with Crippen LogP contribution in [-0.4, -0.2) is 66.9 Å². The van der Waals surface area contributed by atoms with Crippen molar-refractivity contribution in [3.05, 3.63) is 58.0 Å². The van der Waals surface area contributed by atoms with E-state index in [9.17, 15) is 32.9 Å². The summed E-state index contributed by atoms with van der Waals surface area (Å²) in [5.74, 6) is -1.91. The van der Waals surface area contributed by atoms with E-state index in [4.69, 9.17) is 11.1 Å². The molecule has 0 heterocycles. The van der Waals surface area contributed by atoms with Gasteiger partial charge in [0.1, 0.15) is 12.1 Å². The molecule has 198 valence electrons. The average Bonchev–Trinajstić information content (AvgIpc) is 2.83. The van der Waals surface area contributed by atoms with Gasteiger partial charge < -0.3 is 21.7 Å². The third kappa shape index (κ3) is 9.65. The number of nitro groups is 1. The van der Waals surface area contributed by atoms with Gasteiger partial charge in [0.05, 0.1) is 0 Å². The van der Waals surface area contributed by atoms with Crippen LogP contribution in [0.15, 0.2) is 42.3 Å². The number of carbonyl (C=O) groups excluding carboxylic acids is 3. The van der Waals surface area contributed by atoms with Crippen LogP contribution in [0, 0.1) is 15.5 Å². The van der Waals surface area contributed by atoms with Crippen LogP contribution in [-0.2, 0) is 24.2 Å². The number of sulfone groups is 1. The van der Waals surface area contributed by atoms with Crippen LogP contribution in [0.3, 0.4) is 0 Å². The maximum Gasteiger partial charge on any atom is 0.314 e. The Hall–Kier alpha value is -3.46. The fraction of sp³-hybridized carbons (Fsp3) is 0.429. The Balaban J connectivity index is 3.17. The molecule has 0 aliphatic rings. The number of hydrogen-bond acceptors (Lipinski definition) is 9. The molecule has 6 N–H and O–H groups in total. The Bertz CT molecular complexity index is 1070. The van der Waals surface area contributed by atoms with Crippen LogP contribution in [0.2, 0.25) is 0 Å². The molecule has 0 bridgehead atoms. The molecule has 1 aromatic rings. The van der Waals surface area contributed by atoms with E-state index >= 15 is 0 Å². The normalized spacial score (nSPS) is 13.5. The van der Waals surface area contributed by atoms with Crippen LogP contribution >= 0.6 is 11.8 Å². The van der Waals surface area contributed by atoms with E-state index < -0.39 is 49.8 Å². The van der Waals surface area contributed by atoms with E-state index in [-0.39, 0.29) is 37.3 Å². The molecule has 36 heavy (non-hydrogen) atoms. The minimum Gasteiger partial charge on any atom is -0.370 e. The predicted molar refractivity (Wildman–Crippen MR) is 136 cm³/mol. The highest BCUT2D eigenvalue weighted by Crippen LogP contribution is 2.17. The summed E-state index contributed by atoms with van der Waals surface area (Å²) in [5.41, 5.74) is 5.33. The highest BCUT2D eigenvalue weighted by molar-refractivity contribution is 8.08. The minimum atomic E-state index is -4.34. The van der Waals surface area contributed by atoms with E-state index in [2.05, 4.69) is 22.5 Å². The molecule has 1 aromatic carbocycles. The van der Waals surface area contributed by atoms with Crippen molar-refractivity contribution in [3.63, 3.8) is 0 Å². The first-order chi connectivity index (χ1) is 16.9. The zero-order valence-corrected chi connectivity index (χ0v) is 21.3. The van der Waals surface area contributed by atoms with Crippen LogP contribution < -0.4 is 21.7 Å². The van der Waals surface area contributed by atoms with E-state index in [1.165, 1.54) is 36.0 Å². The molecular weight excluding hydrogens is 512 g/mol. The van der Waals surface area contributed by atoms with Crippen LogP contribution in [0.1, 0.15) is 30.9 Å². The molecule has 0 spiro atoms. The summed E-state index contributed by atoms with van der Waals surface area (Å²) in [7, 11) is -4.34. The second-order valence-electron chi connectivity index (χ2n) is 7.52. The van der Waals surface area contributed by atoms with Crippen molar-refractivity contribution >= 4 is 44.5 Å². The van der Waals surface area contributed by atoms with Crippen molar-refractivity contribution in [1.29, 1.82) is 5.41 Å². The maximum absolute atomic E-state index is 13.1. The summed E-state index contributed by atoms with van der Waals surface area (Å²) in [6.45, 7) is 3.28. The van der Waals surface area contributed by atoms with Gasteiger partial charge in [-0.05, 0) is 31.3 Å². The molecule has 2 amide bonds. The smallest absolute Gasteiger partial charge is 0.314 e. The van der Waals surface area contributed by atoms with E-state index in [0.717, 1.165) is 0 Å². The van der Waals surface area contributed by atoms with E-state index in [1.54, 1.807) is 12.3 Å². The number of carbonyl (C=O) groups is 3. The largest absolute Gasteiger partial charge is 0.370 e. The summed E-state index contributed by atoms with van der Waals surface area (Å²) < 4.78 is 24.0. The molecule has 3 unspecified atom stereocenters.